The molecule has 1 atom stereocenters. The fourth-order valence-corrected chi connectivity index (χ4v) is 3.36. The molecule has 0 bridgehead atoms. The van der Waals surface area contributed by atoms with E-state index in [1.807, 2.05) is 6.07 Å². The van der Waals surface area contributed by atoms with Crippen molar-refractivity contribution in [1.29, 1.82) is 0 Å². The van der Waals surface area contributed by atoms with Crippen LogP contribution in [-0.4, -0.2) is 21.6 Å². The third kappa shape index (κ3) is 3.40. The monoisotopic (exact) mass is 295 g/mol. The minimum Gasteiger partial charge on any atom is -0.495 e. The minimum atomic E-state index is -3.62. The highest BCUT2D eigenvalue weighted by molar-refractivity contribution is 7.89. The minimum absolute atomic E-state index is 0.133. The van der Waals surface area contributed by atoms with E-state index >= 15 is 0 Å². The summed E-state index contributed by atoms with van der Waals surface area (Å²) in [5.41, 5.74) is 0. The molecule has 1 heterocycles. The largest absolute Gasteiger partial charge is 0.495 e. The molecule has 0 saturated carbocycles. The summed E-state index contributed by atoms with van der Waals surface area (Å²) in [6, 6.07) is 9.83. The molecular formula is C14H17NO4S. The maximum atomic E-state index is 12.3. The van der Waals surface area contributed by atoms with E-state index in [1.54, 1.807) is 37.5 Å². The Balaban J connectivity index is 2.14. The molecule has 0 aliphatic carbocycles. The quantitative estimate of drug-likeness (QED) is 0.887. The Bertz CT molecular complexity index is 650. The normalized spacial score (nSPS) is 13.1. The zero-order chi connectivity index (χ0) is 14.6. The summed E-state index contributed by atoms with van der Waals surface area (Å²) in [5, 5.41) is 0. The van der Waals surface area contributed by atoms with Gasteiger partial charge in [-0.05, 0) is 31.2 Å². The fourth-order valence-electron chi connectivity index (χ4n) is 1.94. The predicted molar refractivity (Wildman–Crippen MR) is 75.2 cm³/mol. The third-order valence-corrected chi connectivity index (χ3v) is 4.43. The summed E-state index contributed by atoms with van der Waals surface area (Å²) >= 11 is 0. The first-order valence-electron chi connectivity index (χ1n) is 6.20. The number of hydrogen-bond donors (Lipinski definition) is 1. The second-order valence-electron chi connectivity index (χ2n) is 4.46. The standard InChI is InChI=1S/C14H17NO4S/c1-11(10-12-6-5-9-19-12)15-20(16,17)14-8-4-3-7-13(14)18-2/h3-9,11,15H,10H2,1-2H3/t11-/m0/s1. The topological polar surface area (TPSA) is 68.5 Å². The zero-order valence-electron chi connectivity index (χ0n) is 11.4. The molecule has 2 rings (SSSR count). The molecule has 5 nitrogen and oxygen atoms in total. The van der Waals surface area contributed by atoms with Crippen LogP contribution < -0.4 is 9.46 Å². The van der Waals surface area contributed by atoms with E-state index in [1.165, 1.54) is 13.2 Å². The molecule has 2 aromatic rings. The number of furan rings is 1. The average Bonchev–Trinajstić information content (AvgIpc) is 2.90. The van der Waals surface area contributed by atoms with E-state index in [0.717, 1.165) is 5.76 Å². The lowest BCUT2D eigenvalue weighted by Gasteiger charge is -2.14. The molecule has 1 N–H and O–H groups in total. The van der Waals surface area contributed by atoms with Crippen LogP contribution in [0.5, 0.6) is 5.75 Å². The first-order chi connectivity index (χ1) is 9.53. The van der Waals surface area contributed by atoms with Gasteiger partial charge in [0.1, 0.15) is 16.4 Å². The molecule has 0 unspecified atom stereocenters. The average molecular weight is 295 g/mol. The summed E-state index contributed by atoms with van der Waals surface area (Å²) in [6.07, 6.45) is 2.05. The van der Waals surface area contributed by atoms with Gasteiger partial charge in [-0.25, -0.2) is 13.1 Å². The van der Waals surface area contributed by atoms with Crippen molar-refractivity contribution in [3.63, 3.8) is 0 Å². The SMILES string of the molecule is COc1ccccc1S(=O)(=O)N[C@@H](C)Cc1ccco1. The summed E-state index contributed by atoms with van der Waals surface area (Å²) in [5.74, 6) is 1.06. The second-order valence-corrected chi connectivity index (χ2v) is 6.14. The molecule has 20 heavy (non-hydrogen) atoms. The lowest BCUT2D eigenvalue weighted by atomic mass is 10.2. The Morgan fingerprint density at radius 1 is 1.25 bits per heavy atom. The molecule has 1 aromatic heterocycles. The number of nitrogens with one attached hydrogen (secondary N) is 1. The smallest absolute Gasteiger partial charge is 0.244 e. The van der Waals surface area contributed by atoms with Crippen molar-refractivity contribution in [2.45, 2.75) is 24.3 Å². The van der Waals surface area contributed by atoms with E-state index < -0.39 is 10.0 Å². The number of hydrogen-bond acceptors (Lipinski definition) is 4. The van der Waals surface area contributed by atoms with Gasteiger partial charge in [0.05, 0.1) is 13.4 Å². The van der Waals surface area contributed by atoms with Gasteiger partial charge < -0.3 is 9.15 Å². The summed E-state index contributed by atoms with van der Waals surface area (Å²) < 4.78 is 37.6. The Hall–Kier alpha value is -1.79. The van der Waals surface area contributed by atoms with Gasteiger partial charge >= 0.3 is 0 Å². The summed E-state index contributed by atoms with van der Waals surface area (Å²) in [6.45, 7) is 1.79. The third-order valence-electron chi connectivity index (χ3n) is 2.80. The number of para-hydroxylation sites is 1. The van der Waals surface area contributed by atoms with Crippen LogP contribution >= 0.6 is 0 Å². The zero-order valence-corrected chi connectivity index (χ0v) is 12.2. The Kier molecular flexibility index (Phi) is 4.46. The second kappa shape index (κ2) is 6.11. The van der Waals surface area contributed by atoms with Crippen LogP contribution in [0.2, 0.25) is 0 Å². The van der Waals surface area contributed by atoms with Crippen LogP contribution in [0.4, 0.5) is 0 Å². The Labute approximate surface area is 118 Å². The number of ether oxygens (including phenoxy) is 1. The van der Waals surface area contributed by atoms with Crippen LogP contribution in [0.15, 0.2) is 52.0 Å². The predicted octanol–water partition coefficient (Wildman–Crippen LogP) is 2.20. The van der Waals surface area contributed by atoms with Gasteiger partial charge in [0.25, 0.3) is 0 Å². The van der Waals surface area contributed by atoms with Crippen molar-refractivity contribution in [3.05, 3.63) is 48.4 Å². The van der Waals surface area contributed by atoms with Crippen molar-refractivity contribution in [2.24, 2.45) is 0 Å². The number of methoxy groups -OCH3 is 1. The number of benzene rings is 1. The van der Waals surface area contributed by atoms with Gasteiger partial charge in [0, 0.05) is 12.5 Å². The van der Waals surface area contributed by atoms with Crippen LogP contribution in [0.25, 0.3) is 0 Å². The molecule has 0 aliphatic heterocycles. The lowest BCUT2D eigenvalue weighted by Crippen LogP contribution is -2.34. The van der Waals surface area contributed by atoms with Crippen molar-refractivity contribution in [1.82, 2.24) is 4.72 Å². The van der Waals surface area contributed by atoms with E-state index in [0.29, 0.717) is 12.2 Å². The van der Waals surface area contributed by atoms with Crippen molar-refractivity contribution >= 4 is 10.0 Å². The van der Waals surface area contributed by atoms with Crippen LogP contribution in [-0.2, 0) is 16.4 Å². The number of sulfonamides is 1. The van der Waals surface area contributed by atoms with Crippen molar-refractivity contribution in [2.75, 3.05) is 7.11 Å². The fraction of sp³-hybridized carbons (Fsp3) is 0.286. The highest BCUT2D eigenvalue weighted by Gasteiger charge is 2.21. The molecule has 108 valence electrons. The maximum absolute atomic E-state index is 12.3. The van der Waals surface area contributed by atoms with E-state index in [2.05, 4.69) is 4.72 Å². The molecule has 0 aliphatic rings. The Morgan fingerprint density at radius 3 is 2.65 bits per heavy atom. The molecule has 0 amide bonds. The maximum Gasteiger partial charge on any atom is 0.244 e. The van der Waals surface area contributed by atoms with Crippen molar-refractivity contribution in [3.8, 4) is 5.75 Å². The van der Waals surface area contributed by atoms with Gasteiger partial charge in [-0.1, -0.05) is 12.1 Å². The summed E-state index contributed by atoms with van der Waals surface area (Å²) in [4.78, 5) is 0.133. The molecule has 0 fully saturated rings. The van der Waals surface area contributed by atoms with Gasteiger partial charge in [-0.2, -0.15) is 0 Å². The molecule has 6 heteroatoms. The molecule has 0 radical (unpaired) electrons. The molecule has 1 aromatic carbocycles. The lowest BCUT2D eigenvalue weighted by molar-refractivity contribution is 0.402. The van der Waals surface area contributed by atoms with Gasteiger partial charge in [-0.15, -0.1) is 0 Å². The van der Waals surface area contributed by atoms with Crippen LogP contribution in [0, 0.1) is 0 Å². The van der Waals surface area contributed by atoms with Gasteiger partial charge in [0.15, 0.2) is 0 Å². The first kappa shape index (κ1) is 14.6. The van der Waals surface area contributed by atoms with Crippen molar-refractivity contribution < 1.29 is 17.6 Å². The summed E-state index contributed by atoms with van der Waals surface area (Å²) in [7, 11) is -2.18. The van der Waals surface area contributed by atoms with E-state index in [4.69, 9.17) is 9.15 Å². The number of rotatable bonds is 6. The first-order valence-corrected chi connectivity index (χ1v) is 7.69. The molecule has 0 spiro atoms. The van der Waals surface area contributed by atoms with Crippen LogP contribution in [0.1, 0.15) is 12.7 Å². The highest BCUT2D eigenvalue weighted by atomic mass is 32.2. The Morgan fingerprint density at radius 2 is 2.00 bits per heavy atom. The molecular weight excluding hydrogens is 278 g/mol. The highest BCUT2D eigenvalue weighted by Crippen LogP contribution is 2.23. The van der Waals surface area contributed by atoms with E-state index in [-0.39, 0.29) is 10.9 Å². The van der Waals surface area contributed by atoms with Crippen LogP contribution in [0.3, 0.4) is 0 Å². The van der Waals surface area contributed by atoms with E-state index in [9.17, 15) is 8.42 Å². The van der Waals surface area contributed by atoms with Gasteiger partial charge in [0.2, 0.25) is 10.0 Å². The molecule has 0 saturated heterocycles. The van der Waals surface area contributed by atoms with Gasteiger partial charge in [-0.3, -0.25) is 0 Å².